The Hall–Kier alpha value is 0.774. The van der Waals surface area contributed by atoms with Gasteiger partial charge in [0.25, 0.3) is 0 Å². The molecule has 0 bridgehead atoms. The molecule has 0 aliphatic carbocycles. The quantitative estimate of drug-likeness (QED) is 0.487. The molecule has 10 heteroatoms. The fourth-order valence-electron chi connectivity index (χ4n) is 2.40. The van der Waals surface area contributed by atoms with Crippen molar-refractivity contribution in [3.63, 3.8) is 0 Å². The minimum atomic E-state index is -2.01. The molecule has 0 aromatic heterocycles. The first-order valence-corrected chi connectivity index (χ1v) is 12.8. The maximum Gasteiger partial charge on any atom is 0.391 e. The van der Waals surface area contributed by atoms with Gasteiger partial charge in [-0.25, -0.2) is 0 Å². The molecule has 0 saturated carbocycles. The Balaban J connectivity index is 0. The second kappa shape index (κ2) is 9.92. The summed E-state index contributed by atoms with van der Waals surface area (Å²) in [5.41, 5.74) is 0. The minimum Gasteiger partial charge on any atom is -0.293 e. The standard InChI is InChI=1S/2C6H18ClN3Si/c2*1-8(2)11(7,9(3)4)10(5)6/h2*1-6H3. The van der Waals surface area contributed by atoms with Gasteiger partial charge in [-0.1, -0.05) is 0 Å². The van der Waals surface area contributed by atoms with Gasteiger partial charge >= 0.3 is 15.7 Å². The van der Waals surface area contributed by atoms with Crippen LogP contribution in [-0.4, -0.2) is 128 Å². The lowest BCUT2D eigenvalue weighted by Gasteiger charge is -2.40. The summed E-state index contributed by atoms with van der Waals surface area (Å²) in [4.78, 5) is 0. The van der Waals surface area contributed by atoms with E-state index in [2.05, 4.69) is 27.4 Å². The van der Waals surface area contributed by atoms with Crippen molar-refractivity contribution in [2.45, 2.75) is 0 Å². The van der Waals surface area contributed by atoms with E-state index in [1.165, 1.54) is 0 Å². The number of halogens is 2. The van der Waals surface area contributed by atoms with E-state index in [4.69, 9.17) is 22.2 Å². The molecule has 0 spiro atoms. The van der Waals surface area contributed by atoms with Crippen LogP contribution in [0.1, 0.15) is 0 Å². The molecule has 0 amide bonds. The van der Waals surface area contributed by atoms with Crippen molar-refractivity contribution < 1.29 is 0 Å². The fraction of sp³-hybridized carbons (Fsp3) is 1.00. The Labute approximate surface area is 150 Å². The first kappa shape index (κ1) is 25.0. The summed E-state index contributed by atoms with van der Waals surface area (Å²) in [5, 5.41) is 0. The van der Waals surface area contributed by atoms with Crippen molar-refractivity contribution in [2.75, 3.05) is 84.6 Å². The molecular formula is C12H36Cl2N6Si2. The SMILES string of the molecule is CN(C)[Si](Cl)(N(C)C)N(C)C.CN(C)[Si](Cl)(N(C)C)N(C)C. The Morgan fingerprint density at radius 3 is 0.455 bits per heavy atom. The number of hydrogen-bond donors (Lipinski definition) is 0. The van der Waals surface area contributed by atoms with Crippen LogP contribution < -0.4 is 0 Å². The molecular weight excluding hydrogens is 355 g/mol. The molecule has 0 saturated heterocycles. The minimum absolute atomic E-state index is 2.01. The topological polar surface area (TPSA) is 19.4 Å². The van der Waals surface area contributed by atoms with Gasteiger partial charge in [0.15, 0.2) is 0 Å². The van der Waals surface area contributed by atoms with Gasteiger partial charge < -0.3 is 0 Å². The Morgan fingerprint density at radius 2 is 0.455 bits per heavy atom. The fourth-order valence-corrected chi connectivity index (χ4v) is 7.20. The average Bonchev–Trinajstić information content (AvgIpc) is 2.35. The molecule has 136 valence electrons. The van der Waals surface area contributed by atoms with Crippen LogP contribution in [0, 0.1) is 0 Å². The third kappa shape index (κ3) is 6.01. The lowest BCUT2D eigenvalue weighted by molar-refractivity contribution is 0.407. The zero-order chi connectivity index (χ0) is 18.5. The molecule has 22 heavy (non-hydrogen) atoms. The number of rotatable bonds is 6. The highest BCUT2D eigenvalue weighted by molar-refractivity contribution is 7.15. The third-order valence-electron chi connectivity index (χ3n) is 3.41. The number of nitrogens with zero attached hydrogens (tertiary/aromatic N) is 6. The molecule has 0 radical (unpaired) electrons. The van der Waals surface area contributed by atoms with Gasteiger partial charge in [0.05, 0.1) is 0 Å². The van der Waals surface area contributed by atoms with Gasteiger partial charge in [-0.2, -0.15) is 0 Å². The van der Waals surface area contributed by atoms with Crippen LogP contribution in [0.25, 0.3) is 0 Å². The van der Waals surface area contributed by atoms with Crippen molar-refractivity contribution in [2.24, 2.45) is 0 Å². The van der Waals surface area contributed by atoms with Gasteiger partial charge in [0.1, 0.15) is 0 Å². The van der Waals surface area contributed by atoms with Gasteiger partial charge in [0.2, 0.25) is 0 Å². The van der Waals surface area contributed by atoms with Crippen LogP contribution in [0.5, 0.6) is 0 Å². The van der Waals surface area contributed by atoms with E-state index in [-0.39, 0.29) is 0 Å². The van der Waals surface area contributed by atoms with Crippen LogP contribution in [0.2, 0.25) is 0 Å². The predicted octanol–water partition coefficient (Wildman–Crippen LogP) is 0.691. The molecule has 0 aliphatic rings. The molecule has 0 heterocycles. The Bertz CT molecular complexity index is 240. The van der Waals surface area contributed by atoms with Crippen molar-refractivity contribution in [1.29, 1.82) is 0 Å². The van der Waals surface area contributed by atoms with Gasteiger partial charge in [-0.15, -0.1) is 22.2 Å². The molecule has 0 N–H and O–H groups in total. The summed E-state index contributed by atoms with van der Waals surface area (Å²) in [7, 11) is 20.1. The molecule has 0 fully saturated rings. The van der Waals surface area contributed by atoms with Crippen LogP contribution in [0.15, 0.2) is 0 Å². The largest absolute Gasteiger partial charge is 0.391 e. The Morgan fingerprint density at radius 1 is 0.364 bits per heavy atom. The second-order valence-electron chi connectivity index (χ2n) is 6.47. The first-order chi connectivity index (χ1) is 9.66. The molecule has 0 aliphatic heterocycles. The zero-order valence-corrected chi connectivity index (χ0v) is 20.0. The van der Waals surface area contributed by atoms with E-state index in [1.807, 2.05) is 84.6 Å². The maximum atomic E-state index is 6.46. The van der Waals surface area contributed by atoms with Gasteiger partial charge in [-0.05, 0) is 84.6 Å². The first-order valence-electron chi connectivity index (χ1n) is 7.09. The Kier molecular flexibility index (Phi) is 11.3. The maximum absolute atomic E-state index is 6.46. The lowest BCUT2D eigenvalue weighted by atomic mass is 11.2. The summed E-state index contributed by atoms with van der Waals surface area (Å²) in [6.07, 6.45) is 0. The normalized spacial score (nSPS) is 13.6. The summed E-state index contributed by atoms with van der Waals surface area (Å²) in [5.74, 6) is 0. The van der Waals surface area contributed by atoms with E-state index >= 15 is 0 Å². The van der Waals surface area contributed by atoms with E-state index in [1.54, 1.807) is 0 Å². The highest BCUT2D eigenvalue weighted by Gasteiger charge is 2.41. The average molecular weight is 392 g/mol. The highest BCUT2D eigenvalue weighted by Crippen LogP contribution is 2.17. The summed E-state index contributed by atoms with van der Waals surface area (Å²) < 4.78 is 12.6. The van der Waals surface area contributed by atoms with Crippen LogP contribution in [-0.2, 0) is 0 Å². The lowest BCUT2D eigenvalue weighted by Crippen LogP contribution is -2.65. The highest BCUT2D eigenvalue weighted by atomic mass is 35.6. The van der Waals surface area contributed by atoms with Gasteiger partial charge in [-0.3, -0.25) is 27.4 Å². The van der Waals surface area contributed by atoms with Gasteiger partial charge in [0, 0.05) is 0 Å². The summed E-state index contributed by atoms with van der Waals surface area (Å²) in [6, 6.07) is 0. The van der Waals surface area contributed by atoms with Crippen molar-refractivity contribution in [1.82, 2.24) is 27.4 Å². The third-order valence-corrected chi connectivity index (χ3v) is 16.3. The van der Waals surface area contributed by atoms with E-state index in [0.717, 1.165) is 0 Å². The van der Waals surface area contributed by atoms with Crippen LogP contribution >= 0.6 is 22.2 Å². The molecule has 6 nitrogen and oxygen atoms in total. The molecule has 0 aromatic rings. The number of hydrogen-bond acceptors (Lipinski definition) is 6. The molecule has 0 atom stereocenters. The van der Waals surface area contributed by atoms with E-state index in [9.17, 15) is 0 Å². The van der Waals surface area contributed by atoms with E-state index in [0.29, 0.717) is 0 Å². The van der Waals surface area contributed by atoms with Crippen LogP contribution in [0.3, 0.4) is 0 Å². The zero-order valence-electron chi connectivity index (χ0n) is 16.4. The van der Waals surface area contributed by atoms with E-state index < -0.39 is 15.7 Å². The molecule has 0 unspecified atom stereocenters. The monoisotopic (exact) mass is 390 g/mol. The van der Waals surface area contributed by atoms with Crippen molar-refractivity contribution >= 4 is 37.9 Å². The predicted molar refractivity (Wildman–Crippen MR) is 105 cm³/mol. The molecule has 0 rings (SSSR count). The molecule has 0 aromatic carbocycles. The summed E-state index contributed by atoms with van der Waals surface area (Å²) in [6.45, 7) is 0. The summed E-state index contributed by atoms with van der Waals surface area (Å²) >= 11 is 12.9. The van der Waals surface area contributed by atoms with Crippen molar-refractivity contribution in [3.8, 4) is 0 Å². The second-order valence-corrected chi connectivity index (χ2v) is 17.1. The van der Waals surface area contributed by atoms with Crippen LogP contribution in [0.4, 0.5) is 0 Å². The smallest absolute Gasteiger partial charge is 0.293 e. The van der Waals surface area contributed by atoms with Crippen molar-refractivity contribution in [3.05, 3.63) is 0 Å².